The number of hydrogen-bond acceptors (Lipinski definition) is 4. The minimum atomic E-state index is -3.35. The summed E-state index contributed by atoms with van der Waals surface area (Å²) in [5.74, 6) is -0.0587. The molecule has 1 rings (SSSR count). The Morgan fingerprint density at radius 3 is 2.57 bits per heavy atom. The fourth-order valence-electron chi connectivity index (χ4n) is 1.84. The van der Waals surface area contributed by atoms with Crippen molar-refractivity contribution in [3.8, 4) is 0 Å². The smallest absolute Gasteiger partial charge is 0.232 e. The van der Waals surface area contributed by atoms with Crippen molar-refractivity contribution in [2.24, 2.45) is 5.73 Å². The molecule has 0 atom stereocenters. The lowest BCUT2D eigenvalue weighted by molar-refractivity contribution is -0.116. The standard InChI is InChI=1S/C14H23N3O3S/c1-3-10-21(19,20)17-13-7-4-6-12(11(13)2)16-14(18)8-5-9-15/h4,6-7,17H,3,5,8-10,15H2,1-2H3,(H,16,18). The molecule has 0 bridgehead atoms. The van der Waals surface area contributed by atoms with E-state index in [9.17, 15) is 13.2 Å². The molecule has 0 spiro atoms. The average Bonchev–Trinajstić information content (AvgIpc) is 2.40. The summed E-state index contributed by atoms with van der Waals surface area (Å²) in [5.41, 5.74) is 7.15. The molecule has 21 heavy (non-hydrogen) atoms. The van der Waals surface area contributed by atoms with Crippen molar-refractivity contribution < 1.29 is 13.2 Å². The van der Waals surface area contributed by atoms with Crippen LogP contribution in [0.1, 0.15) is 31.7 Å². The van der Waals surface area contributed by atoms with E-state index < -0.39 is 10.0 Å². The van der Waals surface area contributed by atoms with Gasteiger partial charge in [-0.15, -0.1) is 0 Å². The van der Waals surface area contributed by atoms with Gasteiger partial charge in [0, 0.05) is 12.1 Å². The van der Waals surface area contributed by atoms with Gasteiger partial charge in [0.05, 0.1) is 11.4 Å². The molecule has 0 aliphatic carbocycles. The summed E-state index contributed by atoms with van der Waals surface area (Å²) in [5, 5.41) is 2.77. The highest BCUT2D eigenvalue weighted by atomic mass is 32.2. The van der Waals surface area contributed by atoms with Crippen LogP contribution in [0.25, 0.3) is 0 Å². The van der Waals surface area contributed by atoms with E-state index in [1.54, 1.807) is 32.0 Å². The van der Waals surface area contributed by atoms with Gasteiger partial charge in [0.1, 0.15) is 0 Å². The SMILES string of the molecule is CCCS(=O)(=O)Nc1cccc(NC(=O)CCCN)c1C. The summed E-state index contributed by atoms with van der Waals surface area (Å²) >= 11 is 0. The van der Waals surface area contributed by atoms with Gasteiger partial charge in [-0.2, -0.15) is 0 Å². The van der Waals surface area contributed by atoms with Gasteiger partial charge in [0.2, 0.25) is 15.9 Å². The molecule has 0 saturated heterocycles. The lowest BCUT2D eigenvalue weighted by atomic mass is 10.1. The molecule has 0 heterocycles. The van der Waals surface area contributed by atoms with Crippen LogP contribution in [0.4, 0.5) is 11.4 Å². The van der Waals surface area contributed by atoms with Gasteiger partial charge in [0.25, 0.3) is 0 Å². The molecule has 0 saturated carbocycles. The molecule has 1 aromatic rings. The molecular formula is C14H23N3O3S. The molecular weight excluding hydrogens is 290 g/mol. The zero-order valence-corrected chi connectivity index (χ0v) is 13.3. The highest BCUT2D eigenvalue weighted by molar-refractivity contribution is 7.92. The van der Waals surface area contributed by atoms with E-state index in [1.165, 1.54) is 0 Å². The molecule has 1 aromatic carbocycles. The molecule has 118 valence electrons. The maximum absolute atomic E-state index is 11.8. The number of rotatable bonds is 8. The Balaban J connectivity index is 2.86. The second-order valence-electron chi connectivity index (χ2n) is 4.84. The molecule has 0 aromatic heterocycles. The minimum Gasteiger partial charge on any atom is -0.330 e. The van der Waals surface area contributed by atoms with Crippen LogP contribution in [-0.4, -0.2) is 26.6 Å². The zero-order valence-electron chi connectivity index (χ0n) is 12.5. The van der Waals surface area contributed by atoms with Crippen molar-refractivity contribution in [1.82, 2.24) is 0 Å². The van der Waals surface area contributed by atoms with Gasteiger partial charge in [0.15, 0.2) is 0 Å². The first-order valence-electron chi connectivity index (χ1n) is 6.99. The first kappa shape index (κ1) is 17.5. The van der Waals surface area contributed by atoms with Crippen LogP contribution in [-0.2, 0) is 14.8 Å². The normalized spacial score (nSPS) is 11.2. The number of nitrogens with one attached hydrogen (secondary N) is 2. The van der Waals surface area contributed by atoms with Crippen LogP contribution in [0.5, 0.6) is 0 Å². The second-order valence-corrected chi connectivity index (χ2v) is 6.68. The molecule has 6 nitrogen and oxygen atoms in total. The van der Waals surface area contributed by atoms with Crippen LogP contribution >= 0.6 is 0 Å². The van der Waals surface area contributed by atoms with Gasteiger partial charge in [-0.3, -0.25) is 9.52 Å². The van der Waals surface area contributed by atoms with Crippen molar-refractivity contribution in [3.63, 3.8) is 0 Å². The third-order valence-electron chi connectivity index (χ3n) is 2.95. The Kier molecular flexibility index (Phi) is 6.64. The van der Waals surface area contributed by atoms with Crippen LogP contribution in [0.3, 0.4) is 0 Å². The first-order valence-corrected chi connectivity index (χ1v) is 8.65. The number of anilines is 2. The van der Waals surface area contributed by atoms with Crippen molar-refractivity contribution in [2.45, 2.75) is 33.1 Å². The number of amides is 1. The fourth-order valence-corrected chi connectivity index (χ4v) is 3.04. The number of benzene rings is 1. The maximum atomic E-state index is 11.8. The summed E-state index contributed by atoms with van der Waals surface area (Å²) in [7, 11) is -3.35. The van der Waals surface area contributed by atoms with Crippen molar-refractivity contribution >= 4 is 27.3 Å². The average molecular weight is 313 g/mol. The van der Waals surface area contributed by atoms with Crippen LogP contribution < -0.4 is 15.8 Å². The van der Waals surface area contributed by atoms with Crippen LogP contribution in [0.15, 0.2) is 18.2 Å². The molecule has 0 aliphatic rings. The second kappa shape index (κ2) is 7.99. The van der Waals surface area contributed by atoms with Crippen molar-refractivity contribution in [1.29, 1.82) is 0 Å². The molecule has 4 N–H and O–H groups in total. The number of carbonyl (C=O) groups excluding carboxylic acids is 1. The maximum Gasteiger partial charge on any atom is 0.232 e. The highest BCUT2D eigenvalue weighted by Crippen LogP contribution is 2.24. The van der Waals surface area contributed by atoms with Gasteiger partial charge >= 0.3 is 0 Å². The Morgan fingerprint density at radius 1 is 1.29 bits per heavy atom. The summed E-state index contributed by atoms with van der Waals surface area (Å²) in [6.45, 7) is 4.03. The topological polar surface area (TPSA) is 101 Å². The Labute approximate surface area is 126 Å². The van der Waals surface area contributed by atoms with Gasteiger partial charge in [-0.05, 0) is 44.0 Å². The van der Waals surface area contributed by atoms with E-state index in [0.717, 1.165) is 0 Å². The van der Waals surface area contributed by atoms with E-state index in [2.05, 4.69) is 10.0 Å². The minimum absolute atomic E-state index is 0.0690. The molecule has 7 heteroatoms. The number of nitrogens with two attached hydrogens (primary N) is 1. The third-order valence-corrected chi connectivity index (χ3v) is 4.43. The molecule has 0 aliphatic heterocycles. The quantitative estimate of drug-likeness (QED) is 0.681. The van der Waals surface area contributed by atoms with E-state index in [0.29, 0.717) is 42.7 Å². The van der Waals surface area contributed by atoms with E-state index >= 15 is 0 Å². The van der Waals surface area contributed by atoms with E-state index in [-0.39, 0.29) is 11.7 Å². The lowest BCUT2D eigenvalue weighted by Crippen LogP contribution is -2.18. The van der Waals surface area contributed by atoms with Crippen molar-refractivity contribution in [2.75, 3.05) is 22.3 Å². The first-order chi connectivity index (χ1) is 9.89. The van der Waals surface area contributed by atoms with E-state index in [1.807, 2.05) is 0 Å². The van der Waals surface area contributed by atoms with Gasteiger partial charge in [-0.25, -0.2) is 8.42 Å². The van der Waals surface area contributed by atoms with Gasteiger partial charge in [-0.1, -0.05) is 13.0 Å². The predicted octanol–water partition coefficient (Wildman–Crippen LogP) is 1.82. The molecule has 0 unspecified atom stereocenters. The zero-order chi connectivity index (χ0) is 15.9. The predicted molar refractivity (Wildman–Crippen MR) is 85.8 cm³/mol. The number of sulfonamides is 1. The van der Waals surface area contributed by atoms with Crippen LogP contribution in [0.2, 0.25) is 0 Å². The molecule has 0 radical (unpaired) electrons. The third kappa shape index (κ3) is 5.73. The van der Waals surface area contributed by atoms with Crippen LogP contribution in [0, 0.1) is 6.92 Å². The summed E-state index contributed by atoms with van der Waals surface area (Å²) < 4.78 is 26.2. The summed E-state index contributed by atoms with van der Waals surface area (Å²) in [6, 6.07) is 5.13. The Bertz CT molecular complexity index is 585. The Hall–Kier alpha value is -1.60. The number of hydrogen-bond donors (Lipinski definition) is 3. The number of carbonyl (C=O) groups is 1. The lowest BCUT2D eigenvalue weighted by Gasteiger charge is -2.14. The highest BCUT2D eigenvalue weighted by Gasteiger charge is 2.13. The molecule has 1 amide bonds. The monoisotopic (exact) mass is 313 g/mol. The van der Waals surface area contributed by atoms with E-state index in [4.69, 9.17) is 5.73 Å². The summed E-state index contributed by atoms with van der Waals surface area (Å²) in [4.78, 5) is 11.7. The molecule has 0 fully saturated rings. The van der Waals surface area contributed by atoms with Gasteiger partial charge < -0.3 is 11.1 Å². The summed E-state index contributed by atoms with van der Waals surface area (Å²) in [6.07, 6.45) is 1.51. The fraction of sp³-hybridized carbons (Fsp3) is 0.500. The Morgan fingerprint density at radius 2 is 1.95 bits per heavy atom. The van der Waals surface area contributed by atoms with Crippen molar-refractivity contribution in [3.05, 3.63) is 23.8 Å². The largest absolute Gasteiger partial charge is 0.330 e.